The van der Waals surface area contributed by atoms with Gasteiger partial charge in [-0.1, -0.05) is 29.3 Å². The molecule has 0 aromatic heterocycles. The number of aryl methyl sites for hydroxylation is 1. The molecular weight excluding hydrogens is 390 g/mol. The maximum absolute atomic E-state index is 13.3. The third-order valence-corrected chi connectivity index (χ3v) is 5.94. The first-order valence-corrected chi connectivity index (χ1v) is 9.28. The largest absolute Gasteiger partial charge is 0.325 e. The van der Waals surface area contributed by atoms with Gasteiger partial charge in [-0.05, 0) is 42.8 Å². The van der Waals surface area contributed by atoms with Gasteiger partial charge in [-0.15, -0.1) is 0 Å². The van der Waals surface area contributed by atoms with Gasteiger partial charge in [-0.3, -0.25) is 4.79 Å². The van der Waals surface area contributed by atoms with Gasteiger partial charge in [0.05, 0.1) is 11.6 Å². The number of anilines is 1. The van der Waals surface area contributed by atoms with E-state index < -0.39 is 28.3 Å². The summed E-state index contributed by atoms with van der Waals surface area (Å²) in [6.07, 6.45) is 0. The van der Waals surface area contributed by atoms with Crippen LogP contribution in [0, 0.1) is 12.7 Å². The molecule has 1 N–H and O–H groups in total. The molecule has 0 saturated carbocycles. The lowest BCUT2D eigenvalue weighted by molar-refractivity contribution is -0.116. The Labute approximate surface area is 155 Å². The molecule has 0 unspecified atom stereocenters. The van der Waals surface area contributed by atoms with Gasteiger partial charge >= 0.3 is 0 Å². The topological polar surface area (TPSA) is 66.5 Å². The molecular formula is C16H15Cl2FN2O3S. The second kappa shape index (κ2) is 7.70. The van der Waals surface area contributed by atoms with E-state index in [-0.39, 0.29) is 20.6 Å². The predicted molar refractivity (Wildman–Crippen MR) is 96.0 cm³/mol. The summed E-state index contributed by atoms with van der Waals surface area (Å²) >= 11 is 11.7. The maximum Gasteiger partial charge on any atom is 0.244 e. The summed E-state index contributed by atoms with van der Waals surface area (Å²) in [6.45, 7) is 1.22. The maximum atomic E-state index is 13.3. The molecule has 2 aromatic carbocycles. The van der Waals surface area contributed by atoms with E-state index in [1.54, 1.807) is 6.92 Å². The molecule has 0 aliphatic carbocycles. The number of amides is 1. The molecule has 0 radical (unpaired) electrons. The number of carbonyl (C=O) groups is 1. The minimum atomic E-state index is -4.02. The molecule has 0 spiro atoms. The average Bonchev–Trinajstić information content (AvgIpc) is 2.53. The normalized spacial score (nSPS) is 11.6. The van der Waals surface area contributed by atoms with Crippen LogP contribution in [-0.4, -0.2) is 32.2 Å². The van der Waals surface area contributed by atoms with Crippen molar-refractivity contribution in [1.82, 2.24) is 4.31 Å². The van der Waals surface area contributed by atoms with E-state index in [0.717, 1.165) is 10.4 Å². The minimum absolute atomic E-state index is 0.00219. The van der Waals surface area contributed by atoms with Crippen LogP contribution < -0.4 is 5.32 Å². The third kappa shape index (κ3) is 4.70. The van der Waals surface area contributed by atoms with Crippen molar-refractivity contribution in [3.8, 4) is 0 Å². The van der Waals surface area contributed by atoms with E-state index in [1.807, 2.05) is 0 Å². The van der Waals surface area contributed by atoms with Gasteiger partial charge in [-0.25, -0.2) is 12.8 Å². The second-order valence-electron chi connectivity index (χ2n) is 5.34. The number of nitrogens with zero attached hydrogens (tertiary/aromatic N) is 1. The van der Waals surface area contributed by atoms with Crippen LogP contribution >= 0.6 is 23.2 Å². The summed E-state index contributed by atoms with van der Waals surface area (Å²) in [5, 5.41) is 2.69. The van der Waals surface area contributed by atoms with Gasteiger partial charge in [0.2, 0.25) is 15.9 Å². The zero-order valence-electron chi connectivity index (χ0n) is 13.4. The number of hydrogen-bond acceptors (Lipinski definition) is 3. The zero-order chi connectivity index (χ0) is 18.8. The third-order valence-electron chi connectivity index (χ3n) is 3.42. The van der Waals surface area contributed by atoms with Crippen LogP contribution in [0.1, 0.15) is 5.56 Å². The van der Waals surface area contributed by atoms with E-state index >= 15 is 0 Å². The average molecular weight is 405 g/mol. The van der Waals surface area contributed by atoms with Gasteiger partial charge in [0.25, 0.3) is 0 Å². The van der Waals surface area contributed by atoms with Crippen molar-refractivity contribution in [2.45, 2.75) is 11.8 Å². The first kappa shape index (κ1) is 19.7. The lowest BCUT2D eigenvalue weighted by Crippen LogP contribution is -2.35. The zero-order valence-corrected chi connectivity index (χ0v) is 15.7. The molecule has 9 heteroatoms. The van der Waals surface area contributed by atoms with Gasteiger partial charge < -0.3 is 5.32 Å². The molecule has 25 heavy (non-hydrogen) atoms. The number of halogens is 3. The number of hydrogen-bond donors (Lipinski definition) is 1. The summed E-state index contributed by atoms with van der Waals surface area (Å²) in [7, 11) is -2.78. The van der Waals surface area contributed by atoms with Gasteiger partial charge in [-0.2, -0.15) is 4.31 Å². The molecule has 134 valence electrons. The lowest BCUT2D eigenvalue weighted by Gasteiger charge is -2.18. The molecule has 0 aliphatic rings. The van der Waals surface area contributed by atoms with Crippen molar-refractivity contribution in [1.29, 1.82) is 0 Å². The Kier molecular flexibility index (Phi) is 6.05. The summed E-state index contributed by atoms with van der Waals surface area (Å²) in [4.78, 5) is 11.9. The molecule has 0 fully saturated rings. The van der Waals surface area contributed by atoms with Crippen LogP contribution in [0.3, 0.4) is 0 Å². The van der Waals surface area contributed by atoms with Crippen LogP contribution in [0.15, 0.2) is 41.3 Å². The van der Waals surface area contributed by atoms with E-state index in [9.17, 15) is 17.6 Å². The van der Waals surface area contributed by atoms with Crippen molar-refractivity contribution >= 4 is 44.8 Å². The molecule has 0 saturated heterocycles. The van der Waals surface area contributed by atoms with Crippen LogP contribution in [0.2, 0.25) is 10.0 Å². The fourth-order valence-electron chi connectivity index (χ4n) is 2.05. The number of likely N-dealkylation sites (N-methyl/N-ethyl adjacent to an activating group) is 1. The Hall–Kier alpha value is -1.67. The van der Waals surface area contributed by atoms with Gasteiger partial charge in [0.15, 0.2) is 0 Å². The van der Waals surface area contributed by atoms with Crippen LogP contribution in [0.4, 0.5) is 10.1 Å². The summed E-state index contributed by atoms with van der Waals surface area (Å²) < 4.78 is 39.2. The monoisotopic (exact) mass is 404 g/mol. The summed E-state index contributed by atoms with van der Waals surface area (Å²) in [6, 6.07) is 7.98. The predicted octanol–water partition coefficient (Wildman–Crippen LogP) is 3.70. The molecule has 0 atom stereocenters. The van der Waals surface area contributed by atoms with E-state index in [2.05, 4.69) is 5.32 Å². The summed E-state index contributed by atoms with van der Waals surface area (Å²) in [5.41, 5.74) is 0.926. The standard InChI is InChI=1S/C16H15Cl2FN2O3S/c1-10-3-5-12(19)8-14(10)20-16(22)9-21(2)25(23,24)15-7-11(17)4-6-13(15)18/h3-8H,9H2,1-2H3,(H,20,22). The lowest BCUT2D eigenvalue weighted by atomic mass is 10.2. The Morgan fingerprint density at radius 1 is 1.20 bits per heavy atom. The Bertz CT molecular complexity index is 920. The minimum Gasteiger partial charge on any atom is -0.325 e. The second-order valence-corrected chi connectivity index (χ2v) is 8.20. The van der Waals surface area contributed by atoms with Crippen molar-refractivity contribution in [3.63, 3.8) is 0 Å². The number of sulfonamides is 1. The van der Waals surface area contributed by atoms with Gasteiger partial charge in [0, 0.05) is 17.8 Å². The molecule has 5 nitrogen and oxygen atoms in total. The van der Waals surface area contributed by atoms with E-state index in [4.69, 9.17) is 23.2 Å². The number of rotatable bonds is 5. The summed E-state index contributed by atoms with van der Waals surface area (Å²) in [5.74, 6) is -1.12. The fourth-order valence-corrected chi connectivity index (χ4v) is 3.91. The van der Waals surface area contributed by atoms with Crippen LogP contribution in [-0.2, 0) is 14.8 Å². The molecule has 0 heterocycles. The Balaban J connectivity index is 2.17. The number of nitrogens with one attached hydrogen (secondary N) is 1. The van der Waals surface area contributed by atoms with Crippen molar-refractivity contribution < 1.29 is 17.6 Å². The fraction of sp³-hybridized carbons (Fsp3) is 0.188. The smallest absolute Gasteiger partial charge is 0.244 e. The number of benzene rings is 2. The highest BCUT2D eigenvalue weighted by Gasteiger charge is 2.26. The molecule has 0 aliphatic heterocycles. The van der Waals surface area contributed by atoms with Crippen LogP contribution in [0.25, 0.3) is 0 Å². The van der Waals surface area contributed by atoms with Crippen molar-refractivity contribution in [3.05, 3.63) is 57.8 Å². The quantitative estimate of drug-likeness (QED) is 0.825. The van der Waals surface area contributed by atoms with Crippen LogP contribution in [0.5, 0.6) is 0 Å². The van der Waals surface area contributed by atoms with E-state index in [0.29, 0.717) is 5.56 Å². The first-order chi connectivity index (χ1) is 11.6. The molecule has 1 amide bonds. The molecule has 0 bridgehead atoms. The van der Waals surface area contributed by atoms with Crippen molar-refractivity contribution in [2.75, 3.05) is 18.9 Å². The van der Waals surface area contributed by atoms with Crippen molar-refractivity contribution in [2.24, 2.45) is 0 Å². The molecule has 2 aromatic rings. The van der Waals surface area contributed by atoms with Gasteiger partial charge in [0.1, 0.15) is 10.7 Å². The highest BCUT2D eigenvalue weighted by atomic mass is 35.5. The SMILES string of the molecule is Cc1ccc(F)cc1NC(=O)CN(C)S(=O)(=O)c1cc(Cl)ccc1Cl. The Morgan fingerprint density at radius 2 is 1.88 bits per heavy atom. The number of carbonyl (C=O) groups excluding carboxylic acids is 1. The molecule has 2 rings (SSSR count). The highest BCUT2D eigenvalue weighted by Crippen LogP contribution is 2.27. The van der Waals surface area contributed by atoms with E-state index in [1.165, 1.54) is 37.4 Å². The first-order valence-electron chi connectivity index (χ1n) is 7.08. The highest BCUT2D eigenvalue weighted by molar-refractivity contribution is 7.89. The Morgan fingerprint density at radius 3 is 2.56 bits per heavy atom.